The predicted octanol–water partition coefficient (Wildman–Crippen LogP) is 4.23. The Balaban J connectivity index is 1.61. The molecule has 2 fully saturated rings. The summed E-state index contributed by atoms with van der Waals surface area (Å²) in [7, 11) is 0. The Bertz CT molecular complexity index is 1810. The quantitative estimate of drug-likeness (QED) is 0.309. The maximum absolute atomic E-state index is 15.1. The van der Waals surface area contributed by atoms with E-state index < -0.39 is 29.3 Å². The average Bonchev–Trinajstić information content (AvgIpc) is 2.97. The minimum atomic E-state index is -0.837. The van der Waals surface area contributed by atoms with E-state index in [1.807, 2.05) is 4.90 Å². The molecule has 3 aliphatic heterocycles. The number of anilines is 1. The van der Waals surface area contributed by atoms with Gasteiger partial charge in [0, 0.05) is 48.8 Å². The van der Waals surface area contributed by atoms with Crippen LogP contribution in [0.2, 0.25) is 5.02 Å². The van der Waals surface area contributed by atoms with Gasteiger partial charge in [-0.3, -0.25) is 14.2 Å². The zero-order chi connectivity index (χ0) is 30.4. The minimum absolute atomic E-state index is 0.0167. The SMILES string of the molecule is [C-]#[N+]C[C@H]1CN(c2c(C#N)c(=O)n3c4c(c(-c5ccc(F)cc5F)c(Cl)cc24)OCC3CN2CCC2)CCN1C(=O)C=C. The predicted molar refractivity (Wildman–Crippen MR) is 158 cm³/mol. The van der Waals surface area contributed by atoms with Crippen LogP contribution in [0.25, 0.3) is 26.9 Å². The lowest BCUT2D eigenvalue weighted by molar-refractivity contribution is -0.128. The third-order valence-corrected chi connectivity index (χ3v) is 8.74. The average molecular weight is 605 g/mol. The molecule has 0 N–H and O–H groups in total. The van der Waals surface area contributed by atoms with Crippen molar-refractivity contribution in [3.8, 4) is 22.9 Å². The summed E-state index contributed by atoms with van der Waals surface area (Å²) in [4.78, 5) is 35.9. The molecule has 3 aromatic rings. The molecule has 12 heteroatoms. The van der Waals surface area contributed by atoms with Crippen LogP contribution in [0.3, 0.4) is 0 Å². The molecule has 1 amide bonds. The molecule has 0 bridgehead atoms. The molecule has 2 saturated heterocycles. The summed E-state index contributed by atoms with van der Waals surface area (Å²) in [5.41, 5.74) is 0.287. The molecule has 9 nitrogen and oxygen atoms in total. The minimum Gasteiger partial charge on any atom is -0.488 e. The molecule has 220 valence electrons. The number of hydrogen-bond donors (Lipinski definition) is 0. The molecule has 1 aromatic heterocycles. The monoisotopic (exact) mass is 604 g/mol. The standard InChI is InChI=1S/C31H27ClF2N6O3/c1-3-26(41)39-10-9-38(16-19(39)14-36-2)28-22-12-24(32)27(21-6-5-18(33)11-25(21)34)30-29(22)40(31(42)23(28)13-35)20(17-43-30)15-37-7-4-8-37/h3,5-6,11-12,19-20H,1,4,7-10,14-17H2/t19-,20?/m0/s1. The van der Waals surface area contributed by atoms with E-state index in [9.17, 15) is 19.2 Å². The molecule has 2 aromatic carbocycles. The highest BCUT2D eigenvalue weighted by Crippen LogP contribution is 2.48. The lowest BCUT2D eigenvalue weighted by Crippen LogP contribution is -2.56. The van der Waals surface area contributed by atoms with E-state index in [4.69, 9.17) is 22.9 Å². The zero-order valence-corrected chi connectivity index (χ0v) is 23.9. The smallest absolute Gasteiger partial charge is 0.271 e. The van der Waals surface area contributed by atoms with Crippen LogP contribution in [-0.2, 0) is 4.79 Å². The third kappa shape index (κ3) is 4.79. The van der Waals surface area contributed by atoms with E-state index in [2.05, 4.69) is 22.4 Å². The summed E-state index contributed by atoms with van der Waals surface area (Å²) in [6, 6.07) is 5.94. The molecule has 3 aliphatic rings. The Morgan fingerprint density at radius 1 is 1.23 bits per heavy atom. The van der Waals surface area contributed by atoms with Crippen LogP contribution in [0.4, 0.5) is 14.5 Å². The summed E-state index contributed by atoms with van der Waals surface area (Å²) >= 11 is 6.83. The highest BCUT2D eigenvalue weighted by atomic mass is 35.5. The maximum Gasteiger partial charge on any atom is 0.271 e. The van der Waals surface area contributed by atoms with Crippen LogP contribution in [0.5, 0.6) is 5.75 Å². The fourth-order valence-electron chi connectivity index (χ4n) is 6.33. The highest BCUT2D eigenvalue weighted by Gasteiger charge is 2.38. The number of carbonyl (C=O) groups is 1. The van der Waals surface area contributed by atoms with Gasteiger partial charge in [0.05, 0.1) is 22.3 Å². The fraction of sp³-hybridized carbons (Fsp3) is 0.355. The first-order chi connectivity index (χ1) is 20.8. The van der Waals surface area contributed by atoms with Crippen molar-refractivity contribution < 1.29 is 18.3 Å². The number of pyridine rings is 1. The van der Waals surface area contributed by atoms with Gasteiger partial charge in [-0.25, -0.2) is 15.4 Å². The van der Waals surface area contributed by atoms with Crippen molar-refractivity contribution in [3.63, 3.8) is 0 Å². The highest BCUT2D eigenvalue weighted by molar-refractivity contribution is 6.35. The lowest BCUT2D eigenvalue weighted by atomic mass is 9.96. The number of hydrogen-bond acceptors (Lipinski definition) is 6. The molecule has 6 rings (SSSR count). The number of aromatic nitrogens is 1. The van der Waals surface area contributed by atoms with Gasteiger partial charge in [0.2, 0.25) is 12.5 Å². The van der Waals surface area contributed by atoms with E-state index >= 15 is 4.39 Å². The number of rotatable bonds is 6. The van der Waals surface area contributed by atoms with Crippen LogP contribution in [0, 0.1) is 29.5 Å². The molecule has 0 saturated carbocycles. The van der Waals surface area contributed by atoms with Crippen LogP contribution in [0.1, 0.15) is 18.0 Å². The second kappa shape index (κ2) is 11.3. The summed E-state index contributed by atoms with van der Waals surface area (Å²) in [5.74, 6) is -1.71. The van der Waals surface area contributed by atoms with Gasteiger partial charge in [-0.15, -0.1) is 0 Å². The van der Waals surface area contributed by atoms with E-state index in [0.29, 0.717) is 23.1 Å². The molecular formula is C31H27ClF2N6O3. The normalized spacial score (nSPS) is 19.7. The number of nitriles is 1. The topological polar surface area (TPSA) is 86.2 Å². The van der Waals surface area contributed by atoms with Gasteiger partial charge in [0.25, 0.3) is 5.56 Å². The van der Waals surface area contributed by atoms with Crippen molar-refractivity contribution >= 4 is 34.1 Å². The maximum atomic E-state index is 15.1. The first kappa shape index (κ1) is 28.7. The molecule has 43 heavy (non-hydrogen) atoms. The van der Waals surface area contributed by atoms with Crippen LogP contribution < -0.4 is 15.2 Å². The number of amides is 1. The molecule has 1 unspecified atom stereocenters. The number of carbonyl (C=O) groups excluding carboxylic acids is 1. The van der Waals surface area contributed by atoms with Crippen LogP contribution in [0.15, 0.2) is 41.7 Å². The van der Waals surface area contributed by atoms with Gasteiger partial charge in [-0.1, -0.05) is 18.2 Å². The Hall–Kier alpha value is -4.45. The van der Waals surface area contributed by atoms with E-state index in [-0.39, 0.29) is 66.2 Å². The van der Waals surface area contributed by atoms with Gasteiger partial charge in [-0.2, -0.15) is 5.26 Å². The van der Waals surface area contributed by atoms with E-state index in [1.165, 1.54) is 12.1 Å². The third-order valence-electron chi connectivity index (χ3n) is 8.45. The van der Waals surface area contributed by atoms with Crippen molar-refractivity contribution in [1.29, 1.82) is 5.26 Å². The number of likely N-dealkylation sites (tertiary alicyclic amines) is 1. The Morgan fingerprint density at radius 2 is 2.02 bits per heavy atom. The Kier molecular flexibility index (Phi) is 7.55. The van der Waals surface area contributed by atoms with Gasteiger partial charge >= 0.3 is 0 Å². The second-order valence-corrected chi connectivity index (χ2v) is 11.3. The number of benzene rings is 2. The zero-order valence-electron chi connectivity index (χ0n) is 23.2. The summed E-state index contributed by atoms with van der Waals surface area (Å²) in [6.07, 6.45) is 2.25. The van der Waals surface area contributed by atoms with Gasteiger partial charge in [0.15, 0.2) is 5.75 Å². The summed E-state index contributed by atoms with van der Waals surface area (Å²) in [5, 5.41) is 10.9. The Labute approximate surface area is 251 Å². The molecule has 2 atom stereocenters. The molecule has 0 radical (unpaired) electrons. The van der Waals surface area contributed by atoms with Gasteiger partial charge in [-0.05, 0) is 43.8 Å². The molecule has 4 heterocycles. The van der Waals surface area contributed by atoms with Crippen molar-refractivity contribution in [2.75, 3.05) is 57.3 Å². The van der Waals surface area contributed by atoms with Gasteiger partial charge < -0.3 is 24.3 Å². The van der Waals surface area contributed by atoms with Gasteiger partial charge in [0.1, 0.15) is 35.9 Å². The first-order valence-electron chi connectivity index (χ1n) is 13.9. The summed E-state index contributed by atoms with van der Waals surface area (Å²) in [6.45, 7) is 14.1. The summed E-state index contributed by atoms with van der Waals surface area (Å²) < 4.78 is 36.8. The lowest BCUT2D eigenvalue weighted by Gasteiger charge is -2.41. The molecule has 0 spiro atoms. The number of piperazine rings is 1. The molecular weight excluding hydrogens is 578 g/mol. The largest absolute Gasteiger partial charge is 0.488 e. The number of ether oxygens (including phenoxy) is 1. The van der Waals surface area contributed by atoms with E-state index in [0.717, 1.165) is 31.6 Å². The first-order valence-corrected chi connectivity index (χ1v) is 14.3. The van der Waals surface area contributed by atoms with Crippen molar-refractivity contribution in [1.82, 2.24) is 14.4 Å². The number of halogens is 3. The Morgan fingerprint density at radius 3 is 2.67 bits per heavy atom. The van der Waals surface area contributed by atoms with Crippen LogP contribution in [-0.4, -0.2) is 78.7 Å². The van der Waals surface area contributed by atoms with Crippen molar-refractivity contribution in [2.24, 2.45) is 0 Å². The second-order valence-electron chi connectivity index (χ2n) is 10.9. The van der Waals surface area contributed by atoms with E-state index in [1.54, 1.807) is 15.5 Å². The number of nitrogens with zero attached hydrogens (tertiary/aromatic N) is 6. The van der Waals surface area contributed by atoms with Crippen LogP contribution >= 0.6 is 11.6 Å². The fourth-order valence-corrected chi connectivity index (χ4v) is 6.63. The van der Waals surface area contributed by atoms with Crippen molar-refractivity contribution in [3.05, 3.63) is 80.9 Å². The van der Waals surface area contributed by atoms with Crippen molar-refractivity contribution in [2.45, 2.75) is 18.5 Å². The molecule has 0 aliphatic carbocycles.